The molecule has 2 aliphatic rings. The van der Waals surface area contributed by atoms with E-state index >= 15 is 0 Å². The molecule has 0 aromatic heterocycles. The van der Waals surface area contributed by atoms with Crippen molar-refractivity contribution in [1.29, 1.82) is 0 Å². The second-order valence-corrected chi connectivity index (χ2v) is 8.43. The van der Waals surface area contributed by atoms with Gasteiger partial charge in [0.25, 0.3) is 0 Å². The highest BCUT2D eigenvalue weighted by atomic mass is 16.2. The van der Waals surface area contributed by atoms with Crippen molar-refractivity contribution < 1.29 is 9.59 Å². The summed E-state index contributed by atoms with van der Waals surface area (Å²) in [6.07, 6.45) is 6.38. The second-order valence-electron chi connectivity index (χ2n) is 8.43. The Hall–Kier alpha value is -2.95. The van der Waals surface area contributed by atoms with E-state index in [1.165, 1.54) is 12.0 Å². The summed E-state index contributed by atoms with van der Waals surface area (Å²) in [4.78, 5) is 24.8. The zero-order valence-electron chi connectivity index (χ0n) is 17.4. The van der Waals surface area contributed by atoms with Gasteiger partial charge in [0.05, 0.1) is 5.71 Å². The summed E-state index contributed by atoms with van der Waals surface area (Å²) in [5, 5.41) is 7.30. The Bertz CT molecular complexity index is 915. The van der Waals surface area contributed by atoms with E-state index < -0.39 is 0 Å². The van der Waals surface area contributed by atoms with Crippen LogP contribution in [0.15, 0.2) is 59.7 Å². The van der Waals surface area contributed by atoms with Crippen LogP contribution in [0.5, 0.6) is 0 Å². The van der Waals surface area contributed by atoms with Crippen LogP contribution in [0.1, 0.15) is 62.5 Å². The van der Waals surface area contributed by atoms with Crippen molar-refractivity contribution in [1.82, 2.24) is 5.43 Å². The number of carbonyl (C=O) groups is 2. The summed E-state index contributed by atoms with van der Waals surface area (Å²) in [5.41, 5.74) is 6.38. The molecule has 30 heavy (non-hydrogen) atoms. The lowest BCUT2D eigenvalue weighted by molar-refractivity contribution is -0.122. The number of nitrogens with zero attached hydrogens (tertiary/aromatic N) is 1. The van der Waals surface area contributed by atoms with Crippen LogP contribution < -0.4 is 10.7 Å². The molecule has 2 amide bonds. The topological polar surface area (TPSA) is 70.6 Å². The Labute approximate surface area is 178 Å². The van der Waals surface area contributed by atoms with Crippen molar-refractivity contribution in [3.05, 3.63) is 65.7 Å². The summed E-state index contributed by atoms with van der Waals surface area (Å²) in [6.45, 7) is 1.87. The molecule has 2 aliphatic carbocycles. The monoisotopic (exact) mass is 403 g/mol. The minimum Gasteiger partial charge on any atom is -0.326 e. The third kappa shape index (κ3) is 4.96. The average Bonchev–Trinajstić information content (AvgIpc) is 3.60. The summed E-state index contributed by atoms with van der Waals surface area (Å²) in [5.74, 6) is 0.534. The molecule has 0 heterocycles. The van der Waals surface area contributed by atoms with Crippen LogP contribution in [0.4, 0.5) is 5.69 Å². The van der Waals surface area contributed by atoms with E-state index in [9.17, 15) is 9.59 Å². The molecule has 0 unspecified atom stereocenters. The molecule has 2 N–H and O–H groups in total. The highest BCUT2D eigenvalue weighted by Crippen LogP contribution is 2.47. The molecule has 156 valence electrons. The molecule has 0 spiro atoms. The number of nitrogens with one attached hydrogen (secondary N) is 2. The molecule has 2 aromatic carbocycles. The molecule has 5 heteroatoms. The molecule has 0 bridgehead atoms. The molecule has 2 fully saturated rings. The standard InChI is InChI=1S/C25H29N3O2/c1-17(27-28-25(30)23-16-22(23)19-8-4-2-5-9-19)18-12-14-21(15-13-18)26-24(29)20-10-6-3-7-11-20/h2,4-5,8-9,12-15,20,22-23H,3,6-7,10-11,16H2,1H3,(H,26,29)(H,28,30)/b27-17-/t22-,23-/m1/s1. The molecule has 2 atom stereocenters. The van der Waals surface area contributed by atoms with Crippen LogP contribution in [0.2, 0.25) is 0 Å². The predicted octanol–water partition coefficient (Wildman–Crippen LogP) is 4.85. The maximum absolute atomic E-state index is 12.4. The summed E-state index contributed by atoms with van der Waals surface area (Å²) in [6, 6.07) is 17.8. The normalized spacial score (nSPS) is 21.7. The van der Waals surface area contributed by atoms with Crippen LogP contribution in [0, 0.1) is 11.8 Å². The fourth-order valence-corrected chi connectivity index (χ4v) is 4.24. The van der Waals surface area contributed by atoms with Crippen LogP contribution in [0.25, 0.3) is 0 Å². The Morgan fingerprint density at radius 1 is 0.900 bits per heavy atom. The van der Waals surface area contributed by atoms with Crippen molar-refractivity contribution in [2.45, 2.75) is 51.4 Å². The number of benzene rings is 2. The largest absolute Gasteiger partial charge is 0.326 e. The van der Waals surface area contributed by atoms with Crippen LogP contribution in [0.3, 0.4) is 0 Å². The fourth-order valence-electron chi connectivity index (χ4n) is 4.24. The number of hydrogen-bond donors (Lipinski definition) is 2. The van der Waals surface area contributed by atoms with Crippen LogP contribution in [-0.2, 0) is 9.59 Å². The summed E-state index contributed by atoms with van der Waals surface area (Å²) in [7, 11) is 0. The lowest BCUT2D eigenvalue weighted by Crippen LogP contribution is -2.24. The van der Waals surface area contributed by atoms with E-state index in [0.29, 0.717) is 5.92 Å². The molecular weight excluding hydrogens is 374 g/mol. The number of amides is 2. The van der Waals surface area contributed by atoms with Crippen LogP contribution >= 0.6 is 0 Å². The number of hydrogen-bond acceptors (Lipinski definition) is 3. The van der Waals surface area contributed by atoms with Gasteiger partial charge in [-0.3, -0.25) is 9.59 Å². The average molecular weight is 404 g/mol. The molecule has 2 saturated carbocycles. The minimum absolute atomic E-state index is 0.00123. The molecule has 0 radical (unpaired) electrons. The molecular formula is C25H29N3O2. The number of rotatable bonds is 6. The van der Waals surface area contributed by atoms with E-state index in [1.54, 1.807) is 0 Å². The van der Waals surface area contributed by atoms with E-state index in [1.807, 2.05) is 49.4 Å². The fraction of sp³-hybridized carbons (Fsp3) is 0.400. The van der Waals surface area contributed by atoms with Gasteiger partial charge in [0.2, 0.25) is 11.8 Å². The van der Waals surface area contributed by atoms with Gasteiger partial charge in [-0.2, -0.15) is 5.10 Å². The molecule has 2 aromatic rings. The maximum Gasteiger partial charge on any atom is 0.243 e. The van der Waals surface area contributed by atoms with Crippen molar-refractivity contribution in [3.63, 3.8) is 0 Å². The second kappa shape index (κ2) is 9.24. The van der Waals surface area contributed by atoms with E-state index in [2.05, 4.69) is 28.0 Å². The van der Waals surface area contributed by atoms with Gasteiger partial charge < -0.3 is 5.32 Å². The lowest BCUT2D eigenvalue weighted by atomic mass is 9.88. The Morgan fingerprint density at radius 2 is 1.60 bits per heavy atom. The first-order valence-corrected chi connectivity index (χ1v) is 10.9. The maximum atomic E-state index is 12.4. The summed E-state index contributed by atoms with van der Waals surface area (Å²) < 4.78 is 0. The third-order valence-electron chi connectivity index (χ3n) is 6.23. The van der Waals surface area contributed by atoms with E-state index in [-0.39, 0.29) is 23.7 Å². The number of carbonyl (C=O) groups excluding carboxylic acids is 2. The number of anilines is 1. The quantitative estimate of drug-likeness (QED) is 0.535. The van der Waals surface area contributed by atoms with Crippen molar-refractivity contribution in [3.8, 4) is 0 Å². The minimum atomic E-state index is -0.0282. The Morgan fingerprint density at radius 3 is 2.30 bits per heavy atom. The van der Waals surface area contributed by atoms with Gasteiger partial charge in [-0.25, -0.2) is 5.43 Å². The third-order valence-corrected chi connectivity index (χ3v) is 6.23. The van der Waals surface area contributed by atoms with Gasteiger partial charge in [0, 0.05) is 17.5 Å². The lowest BCUT2D eigenvalue weighted by Gasteiger charge is -2.20. The first kappa shape index (κ1) is 20.3. The van der Waals surface area contributed by atoms with Crippen molar-refractivity contribution in [2.75, 3.05) is 5.32 Å². The zero-order chi connectivity index (χ0) is 20.9. The van der Waals surface area contributed by atoms with Gasteiger partial charge in [0.15, 0.2) is 0 Å². The van der Waals surface area contributed by atoms with E-state index in [0.717, 1.165) is 49.1 Å². The first-order valence-electron chi connectivity index (χ1n) is 10.9. The smallest absolute Gasteiger partial charge is 0.243 e. The SMILES string of the molecule is C/C(=N/NC(=O)[C@@H]1C[C@@H]1c1ccccc1)c1ccc(NC(=O)C2CCCCC2)cc1. The number of hydrazone groups is 1. The van der Waals surface area contributed by atoms with Gasteiger partial charge in [0.1, 0.15) is 0 Å². The van der Waals surface area contributed by atoms with Crippen molar-refractivity contribution in [2.24, 2.45) is 16.9 Å². The van der Waals surface area contributed by atoms with Gasteiger partial charge in [-0.15, -0.1) is 0 Å². The summed E-state index contributed by atoms with van der Waals surface area (Å²) >= 11 is 0. The van der Waals surface area contributed by atoms with Crippen molar-refractivity contribution >= 4 is 23.2 Å². The highest BCUT2D eigenvalue weighted by molar-refractivity contribution is 6.00. The van der Waals surface area contributed by atoms with Crippen LogP contribution in [-0.4, -0.2) is 17.5 Å². The van der Waals surface area contributed by atoms with Gasteiger partial charge in [-0.05, 0) is 55.4 Å². The molecule has 0 aliphatic heterocycles. The first-order chi connectivity index (χ1) is 14.6. The van der Waals surface area contributed by atoms with E-state index in [4.69, 9.17) is 0 Å². The Balaban J connectivity index is 1.29. The zero-order valence-corrected chi connectivity index (χ0v) is 17.4. The molecule has 4 rings (SSSR count). The Kier molecular flexibility index (Phi) is 6.26. The molecule has 0 saturated heterocycles. The molecule has 5 nitrogen and oxygen atoms in total. The van der Waals surface area contributed by atoms with Gasteiger partial charge in [-0.1, -0.05) is 61.7 Å². The van der Waals surface area contributed by atoms with Gasteiger partial charge >= 0.3 is 0 Å². The highest BCUT2D eigenvalue weighted by Gasteiger charge is 2.43. The predicted molar refractivity (Wildman–Crippen MR) is 119 cm³/mol.